The highest BCUT2D eigenvalue weighted by molar-refractivity contribution is 5.03. The number of nitrogens with one attached hydrogen (secondary N) is 1. The average molecular weight is 321 g/mol. The summed E-state index contributed by atoms with van der Waals surface area (Å²) in [4.78, 5) is 10.5. The van der Waals surface area contributed by atoms with Gasteiger partial charge < -0.3 is 14.5 Å². The number of hydrogen-bond donors (Lipinski definition) is 1. The Labute approximate surface area is 139 Å². The van der Waals surface area contributed by atoms with Crippen LogP contribution in [-0.2, 0) is 22.4 Å². The van der Waals surface area contributed by atoms with E-state index < -0.39 is 0 Å². The molecule has 1 spiro atoms. The fourth-order valence-electron chi connectivity index (χ4n) is 3.99. The predicted octanol–water partition coefficient (Wildman–Crippen LogP) is 2.91. The van der Waals surface area contributed by atoms with E-state index in [1.807, 2.05) is 13.3 Å². The van der Waals surface area contributed by atoms with Crippen LogP contribution in [0, 0.1) is 0 Å². The number of ether oxygens (including phenoxy) is 2. The molecule has 0 aliphatic carbocycles. The molecule has 0 amide bonds. The van der Waals surface area contributed by atoms with Crippen LogP contribution in [0.2, 0.25) is 0 Å². The first kappa shape index (κ1) is 16.9. The smallest absolute Gasteiger partial charge is 0.106 e. The first-order valence-corrected chi connectivity index (χ1v) is 9.17. The SMILES string of the molecule is CCCCc1ncc(CN2CCC3(CC2)OCCC[C@H]3OC)[nH]1. The van der Waals surface area contributed by atoms with Gasteiger partial charge in [0.2, 0.25) is 0 Å². The summed E-state index contributed by atoms with van der Waals surface area (Å²) >= 11 is 0. The molecule has 0 aromatic carbocycles. The third-order valence-electron chi connectivity index (χ3n) is 5.42. The van der Waals surface area contributed by atoms with E-state index >= 15 is 0 Å². The molecule has 2 saturated heterocycles. The molecular formula is C18H31N3O2. The fraction of sp³-hybridized carbons (Fsp3) is 0.833. The van der Waals surface area contributed by atoms with E-state index in [9.17, 15) is 0 Å². The van der Waals surface area contributed by atoms with Gasteiger partial charge in [-0.1, -0.05) is 13.3 Å². The molecule has 1 N–H and O–H groups in total. The number of unbranched alkanes of at least 4 members (excludes halogenated alkanes) is 1. The van der Waals surface area contributed by atoms with Crippen molar-refractivity contribution in [2.75, 3.05) is 26.8 Å². The molecular weight excluding hydrogens is 290 g/mol. The molecule has 130 valence electrons. The van der Waals surface area contributed by atoms with Crippen molar-refractivity contribution in [3.05, 3.63) is 17.7 Å². The first-order valence-electron chi connectivity index (χ1n) is 9.17. The Bertz CT molecular complexity index is 480. The molecule has 3 rings (SSSR count). The maximum Gasteiger partial charge on any atom is 0.106 e. The lowest BCUT2D eigenvalue weighted by atomic mass is 9.82. The molecule has 2 aliphatic rings. The minimum absolute atomic E-state index is 0.0379. The number of likely N-dealkylation sites (tertiary alicyclic amines) is 1. The van der Waals surface area contributed by atoms with Gasteiger partial charge in [0.1, 0.15) is 5.82 Å². The average Bonchev–Trinajstić information content (AvgIpc) is 3.03. The van der Waals surface area contributed by atoms with E-state index in [1.165, 1.54) is 18.5 Å². The summed E-state index contributed by atoms with van der Waals surface area (Å²) < 4.78 is 11.9. The highest BCUT2D eigenvalue weighted by Gasteiger charge is 2.44. The maximum atomic E-state index is 6.19. The van der Waals surface area contributed by atoms with Crippen LogP contribution >= 0.6 is 0 Å². The van der Waals surface area contributed by atoms with E-state index in [0.717, 1.165) is 64.2 Å². The molecule has 0 unspecified atom stereocenters. The largest absolute Gasteiger partial charge is 0.378 e. The zero-order valence-corrected chi connectivity index (χ0v) is 14.6. The van der Waals surface area contributed by atoms with E-state index in [1.54, 1.807) is 0 Å². The zero-order chi connectivity index (χ0) is 16.1. The summed E-state index contributed by atoms with van der Waals surface area (Å²) in [6.07, 6.45) is 10.2. The lowest BCUT2D eigenvalue weighted by Crippen LogP contribution is -2.55. The number of aryl methyl sites for hydroxylation is 1. The van der Waals surface area contributed by atoms with Gasteiger partial charge in [0.25, 0.3) is 0 Å². The zero-order valence-electron chi connectivity index (χ0n) is 14.6. The van der Waals surface area contributed by atoms with Crippen LogP contribution in [0.1, 0.15) is 57.0 Å². The van der Waals surface area contributed by atoms with Gasteiger partial charge in [0.15, 0.2) is 0 Å². The molecule has 0 bridgehead atoms. The van der Waals surface area contributed by atoms with E-state index in [2.05, 4.69) is 21.8 Å². The third kappa shape index (κ3) is 3.95. The van der Waals surface area contributed by atoms with Crippen molar-refractivity contribution < 1.29 is 9.47 Å². The lowest BCUT2D eigenvalue weighted by molar-refractivity contribution is -0.186. The molecule has 23 heavy (non-hydrogen) atoms. The number of aromatic nitrogens is 2. The van der Waals surface area contributed by atoms with Gasteiger partial charge in [-0.15, -0.1) is 0 Å². The summed E-state index contributed by atoms with van der Waals surface area (Å²) in [6.45, 7) is 6.22. The number of methoxy groups -OCH3 is 1. The normalized spacial score (nSPS) is 25.0. The molecule has 1 aromatic heterocycles. The molecule has 2 fully saturated rings. The monoisotopic (exact) mass is 321 g/mol. The number of piperidine rings is 1. The van der Waals surface area contributed by atoms with E-state index in [4.69, 9.17) is 9.47 Å². The van der Waals surface area contributed by atoms with Crippen molar-refractivity contribution in [1.82, 2.24) is 14.9 Å². The van der Waals surface area contributed by atoms with Crippen molar-refractivity contribution >= 4 is 0 Å². The van der Waals surface area contributed by atoms with Crippen molar-refractivity contribution in [2.45, 2.75) is 70.1 Å². The Morgan fingerprint density at radius 1 is 1.43 bits per heavy atom. The summed E-state index contributed by atoms with van der Waals surface area (Å²) in [7, 11) is 1.83. The van der Waals surface area contributed by atoms with Crippen LogP contribution in [0.25, 0.3) is 0 Å². The van der Waals surface area contributed by atoms with Gasteiger partial charge in [0, 0.05) is 51.7 Å². The lowest BCUT2D eigenvalue weighted by Gasteiger charge is -2.48. The van der Waals surface area contributed by atoms with E-state index in [-0.39, 0.29) is 11.7 Å². The van der Waals surface area contributed by atoms with Gasteiger partial charge in [0.05, 0.1) is 11.7 Å². The Kier molecular flexibility index (Phi) is 5.72. The van der Waals surface area contributed by atoms with Gasteiger partial charge in [-0.25, -0.2) is 4.98 Å². The number of aromatic amines is 1. The van der Waals surface area contributed by atoms with Crippen LogP contribution in [-0.4, -0.2) is 53.4 Å². The van der Waals surface area contributed by atoms with Crippen LogP contribution in [0.4, 0.5) is 0 Å². The standard InChI is InChI=1S/C18H31N3O2/c1-3-4-7-17-19-13-15(20-17)14-21-10-8-18(9-11-21)16(22-2)6-5-12-23-18/h13,16H,3-12,14H2,1-2H3,(H,19,20)/t16-/m1/s1. The molecule has 2 aliphatic heterocycles. The van der Waals surface area contributed by atoms with Crippen LogP contribution in [0.5, 0.6) is 0 Å². The van der Waals surface area contributed by atoms with Crippen LogP contribution in [0.3, 0.4) is 0 Å². The van der Waals surface area contributed by atoms with Gasteiger partial charge in [-0.2, -0.15) is 0 Å². The number of hydrogen-bond acceptors (Lipinski definition) is 4. The van der Waals surface area contributed by atoms with Gasteiger partial charge >= 0.3 is 0 Å². The summed E-state index contributed by atoms with van der Waals surface area (Å²) in [5.74, 6) is 1.13. The van der Waals surface area contributed by atoms with Gasteiger partial charge in [-0.05, 0) is 32.1 Å². The Morgan fingerprint density at radius 2 is 2.26 bits per heavy atom. The molecule has 3 heterocycles. The number of nitrogens with zero attached hydrogens (tertiary/aromatic N) is 2. The van der Waals surface area contributed by atoms with Crippen LogP contribution in [0.15, 0.2) is 6.20 Å². The highest BCUT2D eigenvalue weighted by atomic mass is 16.5. The molecule has 5 heteroatoms. The minimum atomic E-state index is -0.0379. The van der Waals surface area contributed by atoms with Crippen molar-refractivity contribution in [3.63, 3.8) is 0 Å². The minimum Gasteiger partial charge on any atom is -0.378 e. The Hall–Kier alpha value is -0.910. The molecule has 0 saturated carbocycles. The fourth-order valence-corrected chi connectivity index (χ4v) is 3.99. The first-order chi connectivity index (χ1) is 11.3. The maximum absolute atomic E-state index is 6.19. The predicted molar refractivity (Wildman–Crippen MR) is 90.4 cm³/mol. The molecule has 1 atom stereocenters. The second-order valence-corrected chi connectivity index (χ2v) is 7.01. The second-order valence-electron chi connectivity index (χ2n) is 7.01. The van der Waals surface area contributed by atoms with Gasteiger partial charge in [-0.3, -0.25) is 4.90 Å². The molecule has 1 aromatic rings. The van der Waals surface area contributed by atoms with E-state index in [0.29, 0.717) is 0 Å². The number of H-pyrrole nitrogens is 1. The molecule has 0 radical (unpaired) electrons. The number of imidazole rings is 1. The summed E-state index contributed by atoms with van der Waals surface area (Å²) in [5, 5.41) is 0. The quantitative estimate of drug-likeness (QED) is 0.875. The van der Waals surface area contributed by atoms with Crippen molar-refractivity contribution in [1.29, 1.82) is 0 Å². The highest BCUT2D eigenvalue weighted by Crippen LogP contribution is 2.37. The molecule has 5 nitrogen and oxygen atoms in total. The van der Waals surface area contributed by atoms with Crippen LogP contribution < -0.4 is 0 Å². The second kappa shape index (κ2) is 7.77. The number of rotatable bonds is 6. The van der Waals surface area contributed by atoms with Crippen molar-refractivity contribution in [2.24, 2.45) is 0 Å². The Balaban J connectivity index is 1.51. The van der Waals surface area contributed by atoms with Crippen molar-refractivity contribution in [3.8, 4) is 0 Å². The summed E-state index contributed by atoms with van der Waals surface area (Å²) in [5.41, 5.74) is 1.20. The Morgan fingerprint density at radius 3 is 3.00 bits per heavy atom. The summed E-state index contributed by atoms with van der Waals surface area (Å²) in [6, 6.07) is 0. The topological polar surface area (TPSA) is 50.4 Å². The third-order valence-corrected chi connectivity index (χ3v) is 5.42.